The summed E-state index contributed by atoms with van der Waals surface area (Å²) in [7, 11) is -4.91. The zero-order chi connectivity index (χ0) is 16.8. The largest absolute Gasteiger partial charge is 1.00 e. The minimum absolute atomic E-state index is 0. The molecule has 7 N–H and O–H groups in total. The molecule has 0 spiro atoms. The number of ether oxygens (including phenoxy) is 1. The molecule has 3 rings (SSSR count). The van der Waals surface area contributed by atoms with Gasteiger partial charge in [-0.25, -0.2) is 4.98 Å². The van der Waals surface area contributed by atoms with E-state index in [0.717, 1.165) is 0 Å². The maximum Gasteiger partial charge on any atom is 1.00 e. The van der Waals surface area contributed by atoms with E-state index in [1.807, 2.05) is 0 Å². The van der Waals surface area contributed by atoms with Crippen LogP contribution in [-0.2, 0) is 13.8 Å². The number of hydrogen-bond acceptors (Lipinski definition) is 9. The van der Waals surface area contributed by atoms with Crippen molar-refractivity contribution >= 4 is 24.9 Å². The van der Waals surface area contributed by atoms with Gasteiger partial charge in [0.25, 0.3) is 13.4 Å². The second-order valence-electron chi connectivity index (χ2n) is 4.97. The second kappa shape index (κ2) is 8.22. The van der Waals surface area contributed by atoms with Crippen molar-refractivity contribution < 1.29 is 63.8 Å². The van der Waals surface area contributed by atoms with E-state index in [2.05, 4.69) is 19.5 Å². The van der Waals surface area contributed by atoms with E-state index in [9.17, 15) is 19.4 Å². The first kappa shape index (κ1) is 22.2. The number of aromatic nitrogens is 4. The molecule has 1 aliphatic rings. The molecule has 1 aliphatic heterocycles. The van der Waals surface area contributed by atoms with Gasteiger partial charge < -0.3 is 35.4 Å². The molecule has 2 aromatic heterocycles. The molecule has 1 saturated heterocycles. The van der Waals surface area contributed by atoms with E-state index < -0.39 is 38.4 Å². The maximum atomic E-state index is 11.7. The summed E-state index contributed by atoms with van der Waals surface area (Å²) in [5.74, 6) is -0.102. The van der Waals surface area contributed by atoms with Crippen molar-refractivity contribution in [3.8, 4) is 0 Å². The summed E-state index contributed by atoms with van der Waals surface area (Å²) in [6.45, 7) is -0.544. The minimum Gasteiger partial charge on any atom is -0.756 e. The van der Waals surface area contributed by atoms with Crippen LogP contribution in [-0.4, -0.2) is 53.8 Å². The summed E-state index contributed by atoms with van der Waals surface area (Å²) in [6.07, 6.45) is -1.38. The number of anilines is 1. The third kappa shape index (κ3) is 4.86. The van der Waals surface area contributed by atoms with Crippen LogP contribution in [0.5, 0.6) is 0 Å². The Morgan fingerprint density at radius 3 is 2.92 bits per heavy atom. The molecule has 0 bridgehead atoms. The monoisotopic (exact) mass is 387 g/mol. The molecule has 2 aromatic rings. The Morgan fingerprint density at radius 1 is 1.60 bits per heavy atom. The van der Waals surface area contributed by atoms with Crippen molar-refractivity contribution in [3.63, 3.8) is 0 Å². The van der Waals surface area contributed by atoms with Gasteiger partial charge >= 0.3 is 29.6 Å². The fourth-order valence-corrected chi connectivity index (χ4v) is 2.69. The Morgan fingerprint density at radius 2 is 2.28 bits per heavy atom. The number of phosphoric acid groups is 1. The van der Waals surface area contributed by atoms with Crippen LogP contribution in [0, 0.1) is 0 Å². The predicted molar refractivity (Wildman–Crippen MR) is 76.5 cm³/mol. The number of aromatic amines is 1. The van der Waals surface area contributed by atoms with Crippen LogP contribution in [0.3, 0.4) is 0 Å². The van der Waals surface area contributed by atoms with Crippen molar-refractivity contribution in [2.24, 2.45) is 0 Å². The number of nitrogens with zero attached hydrogens (tertiary/aromatic N) is 3. The first-order chi connectivity index (χ1) is 10.7. The summed E-state index contributed by atoms with van der Waals surface area (Å²) in [4.78, 5) is 41.1. The smallest absolute Gasteiger partial charge is 0.756 e. The molecule has 15 heteroatoms. The molecule has 25 heavy (non-hydrogen) atoms. The molecule has 0 radical (unpaired) electrons. The van der Waals surface area contributed by atoms with E-state index in [1.165, 1.54) is 10.9 Å². The summed E-state index contributed by atoms with van der Waals surface area (Å²) < 4.78 is 21.7. The van der Waals surface area contributed by atoms with Crippen LogP contribution in [0.4, 0.5) is 5.95 Å². The number of H-pyrrole nitrogens is 1. The standard InChI is InChI=1S/C10H14N5O7P.Na.H2O/c11-10-13-8-7(9(17)14-10)12-3-15(8)6-1-4(16)5(22-6)2-21-23(18,19)20;;/h3-6,16H,1-2H2,(H2,18,19,20)(H3,11,13,14,17);;1H2/q;+1;/p-1/t4-,5+,6+;;/m0../s1. The van der Waals surface area contributed by atoms with Gasteiger partial charge in [-0.3, -0.25) is 18.9 Å². The average Bonchev–Trinajstić information content (AvgIpc) is 2.99. The van der Waals surface area contributed by atoms with Gasteiger partial charge in [0.05, 0.1) is 19.0 Å². The molecule has 0 saturated carbocycles. The quantitative estimate of drug-likeness (QED) is 0.287. The number of nitrogens with one attached hydrogen (secondary N) is 1. The van der Waals surface area contributed by atoms with Gasteiger partial charge in [-0.05, 0) is 0 Å². The Kier molecular flexibility index (Phi) is 7.30. The van der Waals surface area contributed by atoms with E-state index in [4.69, 9.17) is 15.4 Å². The van der Waals surface area contributed by atoms with Crippen LogP contribution in [0.25, 0.3) is 11.2 Å². The number of aliphatic hydroxyl groups is 1. The molecule has 0 aliphatic carbocycles. The van der Waals surface area contributed by atoms with Crippen molar-refractivity contribution in [1.82, 2.24) is 19.5 Å². The summed E-state index contributed by atoms with van der Waals surface area (Å²) in [6, 6.07) is 0. The van der Waals surface area contributed by atoms with E-state index in [1.54, 1.807) is 0 Å². The fourth-order valence-electron chi connectivity index (χ4n) is 2.36. The Balaban J connectivity index is 0.00000156. The Bertz CT molecular complexity index is 836. The van der Waals surface area contributed by atoms with Crippen molar-refractivity contribution in [1.29, 1.82) is 0 Å². The summed E-state index contributed by atoms with van der Waals surface area (Å²) >= 11 is 0. The fraction of sp³-hybridized carbons (Fsp3) is 0.500. The van der Waals surface area contributed by atoms with Crippen LogP contribution in [0.2, 0.25) is 0 Å². The SMILES string of the molecule is Nc1nc2c(ncn2[C@H]2C[C@H](O)[C@@H](COP(=O)([O-])O)O2)c(=O)[nH]1.O.[Na+]. The van der Waals surface area contributed by atoms with E-state index in [-0.39, 0.29) is 58.6 Å². The van der Waals surface area contributed by atoms with Crippen LogP contribution >= 0.6 is 7.82 Å². The number of aliphatic hydroxyl groups excluding tert-OH is 1. The number of nitrogens with two attached hydrogens (primary N) is 1. The summed E-state index contributed by atoms with van der Waals surface area (Å²) in [5.41, 5.74) is 5.19. The van der Waals surface area contributed by atoms with Gasteiger partial charge in [0.2, 0.25) is 5.95 Å². The first-order valence-electron chi connectivity index (χ1n) is 6.49. The van der Waals surface area contributed by atoms with Crippen LogP contribution in [0.15, 0.2) is 11.1 Å². The van der Waals surface area contributed by atoms with Crippen LogP contribution < -0.4 is 45.7 Å². The molecule has 1 fully saturated rings. The second-order valence-corrected chi connectivity index (χ2v) is 6.17. The molecule has 0 amide bonds. The van der Waals surface area contributed by atoms with Crippen molar-refractivity contribution in [2.75, 3.05) is 12.3 Å². The molecule has 0 aromatic carbocycles. The number of rotatable bonds is 4. The number of fused-ring (bicyclic) bond motifs is 1. The zero-order valence-electron chi connectivity index (χ0n) is 13.0. The predicted octanol–water partition coefficient (Wildman–Crippen LogP) is -5.99. The third-order valence-corrected chi connectivity index (χ3v) is 3.84. The summed E-state index contributed by atoms with van der Waals surface area (Å²) in [5, 5.41) is 9.91. The number of imidazole rings is 1. The molecule has 3 heterocycles. The number of nitrogen functional groups attached to an aromatic ring is 1. The maximum absolute atomic E-state index is 11.7. The van der Waals surface area contributed by atoms with Gasteiger partial charge in [0.15, 0.2) is 11.2 Å². The van der Waals surface area contributed by atoms with E-state index in [0.29, 0.717) is 0 Å². The Labute approximate surface area is 162 Å². The molecule has 4 atom stereocenters. The topological polar surface area (TPSA) is 220 Å². The number of phosphoric ester groups is 1. The normalized spacial score (nSPS) is 25.2. The zero-order valence-corrected chi connectivity index (χ0v) is 15.9. The van der Waals surface area contributed by atoms with Gasteiger partial charge in [0, 0.05) is 6.42 Å². The van der Waals surface area contributed by atoms with Crippen molar-refractivity contribution in [2.45, 2.75) is 24.9 Å². The van der Waals surface area contributed by atoms with Gasteiger partial charge in [-0.15, -0.1) is 0 Å². The Hall–Kier alpha value is -0.860. The molecular formula is C10H15N5NaO8P. The van der Waals surface area contributed by atoms with Crippen molar-refractivity contribution in [3.05, 3.63) is 16.7 Å². The van der Waals surface area contributed by atoms with Gasteiger partial charge in [-0.2, -0.15) is 4.98 Å². The van der Waals surface area contributed by atoms with Gasteiger partial charge in [-0.1, -0.05) is 0 Å². The molecule has 134 valence electrons. The van der Waals surface area contributed by atoms with Crippen LogP contribution in [0.1, 0.15) is 12.6 Å². The molecule has 13 nitrogen and oxygen atoms in total. The molecular weight excluding hydrogens is 372 g/mol. The first-order valence-corrected chi connectivity index (χ1v) is 7.98. The number of hydrogen-bond donors (Lipinski definition) is 4. The third-order valence-electron chi connectivity index (χ3n) is 3.37. The van der Waals surface area contributed by atoms with Gasteiger partial charge in [0.1, 0.15) is 12.3 Å². The molecule has 1 unspecified atom stereocenters. The average molecular weight is 387 g/mol. The van der Waals surface area contributed by atoms with E-state index >= 15 is 0 Å². The minimum atomic E-state index is -4.91.